The molecule has 5 nitrogen and oxygen atoms in total. The largest absolute Gasteiger partial charge is 0.480 e. The molecule has 0 amide bonds. The summed E-state index contributed by atoms with van der Waals surface area (Å²) in [4.78, 5) is 16.4. The fourth-order valence-corrected chi connectivity index (χ4v) is 4.10. The van der Waals surface area contributed by atoms with Crippen molar-refractivity contribution in [3.8, 4) is 17.0 Å². The molecule has 1 saturated carbocycles. The number of nitrogens with zero attached hydrogens (tertiary/aromatic N) is 2. The summed E-state index contributed by atoms with van der Waals surface area (Å²) < 4.78 is 40.6. The lowest BCUT2D eigenvalue weighted by atomic mass is 9.76. The highest BCUT2D eigenvalue weighted by Gasteiger charge is 2.50. The Morgan fingerprint density at radius 2 is 2.08 bits per heavy atom. The Hall–Kier alpha value is -2.44. The maximum Gasteiger partial charge on any atom is 0.354 e. The number of carbonyl (C=O) groups is 1. The first-order chi connectivity index (χ1) is 12.4. The van der Waals surface area contributed by atoms with Crippen LogP contribution in [-0.4, -0.2) is 28.6 Å². The van der Waals surface area contributed by atoms with Gasteiger partial charge in [0.05, 0.1) is 19.0 Å². The average molecular weight is 362 g/mol. The molecule has 0 N–H and O–H groups in total. The molecule has 138 valence electrons. The Kier molecular flexibility index (Phi) is 3.78. The van der Waals surface area contributed by atoms with E-state index in [1.807, 2.05) is 17.6 Å². The van der Waals surface area contributed by atoms with E-state index in [4.69, 9.17) is 9.47 Å². The number of aromatic nitrogens is 2. The number of esters is 1. The second-order valence-corrected chi connectivity index (χ2v) is 6.85. The summed E-state index contributed by atoms with van der Waals surface area (Å²) in [7, 11) is 1.33. The SMILES string of the molecule is CCn1c(C(=O)OC)cc2c1-c1ccncc1OC21CCC(F)(F)CC1. The summed E-state index contributed by atoms with van der Waals surface area (Å²) in [5, 5.41) is 0. The van der Waals surface area contributed by atoms with Gasteiger partial charge in [-0.2, -0.15) is 0 Å². The van der Waals surface area contributed by atoms with Gasteiger partial charge in [0.25, 0.3) is 0 Å². The van der Waals surface area contributed by atoms with E-state index in [1.165, 1.54) is 7.11 Å². The molecule has 1 aliphatic heterocycles. The second kappa shape index (κ2) is 5.79. The molecule has 0 bridgehead atoms. The molecular weight excluding hydrogens is 342 g/mol. The summed E-state index contributed by atoms with van der Waals surface area (Å²) in [6, 6.07) is 3.57. The Bertz CT molecular complexity index is 866. The van der Waals surface area contributed by atoms with E-state index in [9.17, 15) is 13.6 Å². The number of hydrogen-bond acceptors (Lipinski definition) is 4. The number of ether oxygens (including phenoxy) is 2. The van der Waals surface area contributed by atoms with Crippen LogP contribution in [0, 0.1) is 0 Å². The molecule has 4 rings (SSSR count). The normalized spacial score (nSPS) is 19.4. The topological polar surface area (TPSA) is 53.4 Å². The van der Waals surface area contributed by atoms with Crippen molar-refractivity contribution in [1.29, 1.82) is 0 Å². The zero-order chi connectivity index (χ0) is 18.5. The number of hydrogen-bond donors (Lipinski definition) is 0. The number of carbonyl (C=O) groups excluding carboxylic acids is 1. The zero-order valence-electron chi connectivity index (χ0n) is 14.7. The predicted molar refractivity (Wildman–Crippen MR) is 90.4 cm³/mol. The maximum absolute atomic E-state index is 13.8. The van der Waals surface area contributed by atoms with Crippen LogP contribution in [0.1, 0.15) is 48.7 Å². The predicted octanol–water partition coefficient (Wildman–Crippen LogP) is 4.15. The van der Waals surface area contributed by atoms with Crippen LogP contribution in [0.25, 0.3) is 11.3 Å². The van der Waals surface area contributed by atoms with E-state index >= 15 is 0 Å². The van der Waals surface area contributed by atoms with E-state index in [-0.39, 0.29) is 25.7 Å². The molecule has 0 aromatic carbocycles. The third kappa shape index (κ3) is 2.40. The Labute approximate surface area is 149 Å². The van der Waals surface area contributed by atoms with Crippen LogP contribution in [0.2, 0.25) is 0 Å². The quantitative estimate of drug-likeness (QED) is 0.753. The minimum atomic E-state index is -2.68. The van der Waals surface area contributed by atoms with Crippen LogP contribution in [0.4, 0.5) is 8.78 Å². The van der Waals surface area contributed by atoms with Crippen LogP contribution in [0.15, 0.2) is 24.5 Å². The molecule has 2 aromatic rings. The summed E-state index contributed by atoms with van der Waals surface area (Å²) in [5.74, 6) is -2.56. The van der Waals surface area contributed by atoms with E-state index in [0.29, 0.717) is 18.0 Å². The van der Waals surface area contributed by atoms with Gasteiger partial charge in [-0.25, -0.2) is 13.6 Å². The zero-order valence-corrected chi connectivity index (χ0v) is 14.7. The van der Waals surface area contributed by atoms with E-state index < -0.39 is 17.5 Å². The molecule has 1 aliphatic carbocycles. The van der Waals surface area contributed by atoms with Gasteiger partial charge >= 0.3 is 5.97 Å². The van der Waals surface area contributed by atoms with Crippen molar-refractivity contribution in [3.05, 3.63) is 35.8 Å². The van der Waals surface area contributed by atoms with Gasteiger partial charge in [-0.1, -0.05) is 0 Å². The maximum atomic E-state index is 13.8. The Balaban J connectivity index is 1.94. The number of fused-ring (bicyclic) bond motifs is 4. The van der Waals surface area contributed by atoms with Gasteiger partial charge in [-0.05, 0) is 31.9 Å². The van der Waals surface area contributed by atoms with Crippen molar-refractivity contribution in [3.63, 3.8) is 0 Å². The molecule has 0 saturated heterocycles. The van der Waals surface area contributed by atoms with Crippen molar-refractivity contribution in [2.45, 2.75) is 50.7 Å². The molecule has 2 aromatic heterocycles. The highest BCUT2D eigenvalue weighted by atomic mass is 19.3. The lowest BCUT2D eigenvalue weighted by Gasteiger charge is -2.43. The van der Waals surface area contributed by atoms with Crippen molar-refractivity contribution in [2.24, 2.45) is 0 Å². The van der Waals surface area contributed by atoms with Crippen molar-refractivity contribution in [1.82, 2.24) is 9.55 Å². The summed E-state index contributed by atoms with van der Waals surface area (Å²) >= 11 is 0. The number of alkyl halides is 2. The molecule has 0 radical (unpaired) electrons. The third-order valence-electron chi connectivity index (χ3n) is 5.43. The molecule has 3 heterocycles. The number of pyridine rings is 1. The molecule has 0 atom stereocenters. The second-order valence-electron chi connectivity index (χ2n) is 6.85. The van der Waals surface area contributed by atoms with Crippen LogP contribution in [-0.2, 0) is 16.9 Å². The van der Waals surface area contributed by atoms with Gasteiger partial charge in [0, 0.05) is 36.7 Å². The lowest BCUT2D eigenvalue weighted by Crippen LogP contribution is -2.42. The third-order valence-corrected chi connectivity index (χ3v) is 5.43. The number of halogens is 2. The average Bonchev–Trinajstić information content (AvgIpc) is 3.04. The van der Waals surface area contributed by atoms with Crippen LogP contribution in [0.5, 0.6) is 5.75 Å². The smallest absolute Gasteiger partial charge is 0.354 e. The van der Waals surface area contributed by atoms with Crippen molar-refractivity contribution < 1.29 is 23.0 Å². The van der Waals surface area contributed by atoms with Gasteiger partial charge in [-0.15, -0.1) is 0 Å². The summed E-state index contributed by atoms with van der Waals surface area (Å²) in [6.45, 7) is 2.48. The van der Waals surface area contributed by atoms with E-state index in [2.05, 4.69) is 4.98 Å². The minimum absolute atomic E-state index is 0.190. The fourth-order valence-electron chi connectivity index (χ4n) is 4.10. The molecule has 0 unspecified atom stereocenters. The highest BCUT2D eigenvalue weighted by molar-refractivity contribution is 5.91. The monoisotopic (exact) mass is 362 g/mol. The van der Waals surface area contributed by atoms with Gasteiger partial charge < -0.3 is 14.0 Å². The first kappa shape index (κ1) is 17.0. The number of methoxy groups -OCH3 is 1. The van der Waals surface area contributed by atoms with E-state index in [0.717, 1.165) is 16.8 Å². The van der Waals surface area contributed by atoms with E-state index in [1.54, 1.807) is 18.5 Å². The van der Waals surface area contributed by atoms with Crippen LogP contribution >= 0.6 is 0 Å². The first-order valence-corrected chi connectivity index (χ1v) is 8.74. The molecule has 1 spiro atoms. The van der Waals surface area contributed by atoms with Gasteiger partial charge in [0.15, 0.2) is 0 Å². The van der Waals surface area contributed by atoms with Crippen LogP contribution < -0.4 is 4.74 Å². The Morgan fingerprint density at radius 3 is 2.73 bits per heavy atom. The van der Waals surface area contributed by atoms with Gasteiger partial charge in [0.1, 0.15) is 17.0 Å². The standard InChI is InChI=1S/C19H20F2N2O3/c1-3-23-14(17(24)25-2)10-13-16(23)12-4-9-22-11-15(12)26-18(13)5-7-19(20,21)8-6-18/h4,9-11H,3,5-8H2,1-2H3. The molecular formula is C19H20F2N2O3. The molecule has 7 heteroatoms. The first-order valence-electron chi connectivity index (χ1n) is 8.74. The number of rotatable bonds is 2. The molecule has 1 fully saturated rings. The Morgan fingerprint density at radius 1 is 1.35 bits per heavy atom. The van der Waals surface area contributed by atoms with Crippen molar-refractivity contribution >= 4 is 5.97 Å². The summed E-state index contributed by atoms with van der Waals surface area (Å²) in [6.07, 6.45) is 3.16. The van der Waals surface area contributed by atoms with Crippen molar-refractivity contribution in [2.75, 3.05) is 7.11 Å². The fraction of sp³-hybridized carbons (Fsp3) is 0.474. The highest BCUT2D eigenvalue weighted by Crippen LogP contribution is 2.54. The molecule has 2 aliphatic rings. The summed E-state index contributed by atoms with van der Waals surface area (Å²) in [5.41, 5.74) is 1.98. The molecule has 26 heavy (non-hydrogen) atoms. The van der Waals surface area contributed by atoms with Gasteiger partial charge in [0.2, 0.25) is 5.92 Å². The minimum Gasteiger partial charge on any atom is -0.480 e. The lowest BCUT2D eigenvalue weighted by molar-refractivity contribution is -0.0967. The van der Waals surface area contributed by atoms with Crippen LogP contribution in [0.3, 0.4) is 0 Å². The van der Waals surface area contributed by atoms with Gasteiger partial charge in [-0.3, -0.25) is 4.98 Å².